The normalized spacial score (nSPS) is 12.5. The Kier molecular flexibility index (Phi) is 7.19. The highest BCUT2D eigenvalue weighted by atomic mass is 19.4. The summed E-state index contributed by atoms with van der Waals surface area (Å²) in [5, 5.41) is 8.66. The lowest BCUT2D eigenvalue weighted by atomic mass is 10.1. The van der Waals surface area contributed by atoms with Crippen molar-refractivity contribution >= 4 is 11.5 Å². The van der Waals surface area contributed by atoms with E-state index in [1.807, 2.05) is 13.8 Å². The molecule has 1 aromatic heterocycles. The van der Waals surface area contributed by atoms with Gasteiger partial charge in [0.2, 0.25) is 5.89 Å². The summed E-state index contributed by atoms with van der Waals surface area (Å²) in [6.45, 7) is 8.25. The molecule has 1 N–H and O–H groups in total. The van der Waals surface area contributed by atoms with Crippen LogP contribution in [0.5, 0.6) is 0 Å². The maximum atomic E-state index is 12.4. The lowest BCUT2D eigenvalue weighted by molar-refractivity contribution is -0.0912. The third-order valence-electron chi connectivity index (χ3n) is 2.09. The van der Waals surface area contributed by atoms with Crippen molar-refractivity contribution in [1.82, 2.24) is 4.98 Å². The van der Waals surface area contributed by atoms with Gasteiger partial charge in [0.25, 0.3) is 0 Å². The maximum absolute atomic E-state index is 12.4. The molecule has 0 amide bonds. The van der Waals surface area contributed by atoms with Gasteiger partial charge >= 0.3 is 12.1 Å². The minimum atomic E-state index is -4.48. The number of carboxylic acids is 1. The largest absolute Gasteiger partial charge is 0.476 e. The van der Waals surface area contributed by atoms with Gasteiger partial charge in [-0.1, -0.05) is 32.6 Å². The van der Waals surface area contributed by atoms with Crippen LogP contribution in [0.3, 0.4) is 0 Å². The molecule has 0 bridgehead atoms. The molecule has 1 aromatic rings. The van der Waals surface area contributed by atoms with Gasteiger partial charge in [-0.2, -0.15) is 13.2 Å². The Morgan fingerprint density at radius 3 is 2.38 bits per heavy atom. The second-order valence-electron chi connectivity index (χ2n) is 3.53. The van der Waals surface area contributed by atoms with Crippen molar-refractivity contribution in [2.45, 2.75) is 26.9 Å². The summed E-state index contributed by atoms with van der Waals surface area (Å²) in [6, 6.07) is 0. The zero-order valence-corrected chi connectivity index (χ0v) is 11.9. The lowest BCUT2D eigenvalue weighted by Crippen LogP contribution is -2.09. The van der Waals surface area contributed by atoms with Gasteiger partial charge in [-0.15, -0.1) is 0 Å². The molecule has 0 aliphatic rings. The Balaban J connectivity index is 0.00000191. The smallest absolute Gasteiger partial charge is 0.412 e. The Labute approximate surface area is 120 Å². The van der Waals surface area contributed by atoms with Crippen LogP contribution in [0.4, 0.5) is 13.2 Å². The first-order valence-electron chi connectivity index (χ1n) is 6.03. The molecule has 0 aliphatic carbocycles. The van der Waals surface area contributed by atoms with Gasteiger partial charge in [0, 0.05) is 11.1 Å². The summed E-state index contributed by atoms with van der Waals surface area (Å²) in [5.74, 6) is -1.55. The highest BCUT2D eigenvalue weighted by Gasteiger charge is 2.30. The molecule has 7 heteroatoms. The van der Waals surface area contributed by atoms with Gasteiger partial charge in [0.05, 0.1) is 0 Å². The molecule has 0 saturated heterocycles. The van der Waals surface area contributed by atoms with E-state index in [9.17, 15) is 18.0 Å². The summed E-state index contributed by atoms with van der Waals surface area (Å²) in [5.41, 5.74) is -1.27. The molecule has 1 rings (SSSR count). The second-order valence-corrected chi connectivity index (χ2v) is 3.53. The molecule has 0 saturated carbocycles. The number of allylic oxidation sites excluding steroid dienone is 5. The number of halogens is 3. The number of rotatable bonds is 4. The Hall–Kier alpha value is -2.31. The fourth-order valence-corrected chi connectivity index (χ4v) is 1.13. The molecule has 0 aliphatic heterocycles. The van der Waals surface area contributed by atoms with Crippen LogP contribution in [0.2, 0.25) is 0 Å². The average molecular weight is 303 g/mol. The number of aromatic carboxylic acids is 1. The summed E-state index contributed by atoms with van der Waals surface area (Å²) < 4.78 is 42.1. The second kappa shape index (κ2) is 8.08. The van der Waals surface area contributed by atoms with E-state index in [1.165, 1.54) is 12.2 Å². The molecule has 0 radical (unpaired) electrons. The molecule has 0 spiro atoms. The molecule has 0 fully saturated rings. The maximum Gasteiger partial charge on any atom is 0.412 e. The van der Waals surface area contributed by atoms with E-state index in [2.05, 4.69) is 11.6 Å². The number of hydrogen-bond donors (Lipinski definition) is 1. The fraction of sp³-hybridized carbons (Fsp3) is 0.286. The minimum Gasteiger partial charge on any atom is -0.476 e. The average Bonchev–Trinajstić information content (AvgIpc) is 2.89. The Bertz CT molecular complexity index is 554. The highest BCUT2D eigenvalue weighted by Crippen LogP contribution is 2.28. The summed E-state index contributed by atoms with van der Waals surface area (Å²) in [6.07, 6.45) is -0.334. The van der Waals surface area contributed by atoms with E-state index < -0.39 is 17.7 Å². The number of oxazole rings is 1. The fourth-order valence-electron chi connectivity index (χ4n) is 1.13. The topological polar surface area (TPSA) is 63.3 Å². The molecule has 21 heavy (non-hydrogen) atoms. The van der Waals surface area contributed by atoms with Crippen LogP contribution in [-0.2, 0) is 0 Å². The molecular weight excluding hydrogens is 287 g/mol. The van der Waals surface area contributed by atoms with Crippen LogP contribution in [-0.4, -0.2) is 22.2 Å². The zero-order valence-electron chi connectivity index (χ0n) is 11.9. The first-order valence-corrected chi connectivity index (χ1v) is 6.03. The van der Waals surface area contributed by atoms with E-state index in [4.69, 9.17) is 9.52 Å². The van der Waals surface area contributed by atoms with Crippen LogP contribution in [0.15, 0.2) is 41.1 Å². The van der Waals surface area contributed by atoms with Crippen LogP contribution in [0.1, 0.15) is 37.2 Å². The summed E-state index contributed by atoms with van der Waals surface area (Å²) in [7, 11) is 0. The van der Waals surface area contributed by atoms with Crippen molar-refractivity contribution < 1.29 is 27.5 Å². The van der Waals surface area contributed by atoms with Crippen LogP contribution < -0.4 is 0 Å². The zero-order chi connectivity index (χ0) is 16.6. The third-order valence-corrected chi connectivity index (χ3v) is 2.09. The van der Waals surface area contributed by atoms with Gasteiger partial charge in [-0.25, -0.2) is 9.78 Å². The van der Waals surface area contributed by atoms with Crippen molar-refractivity contribution in [1.29, 1.82) is 0 Å². The first-order chi connectivity index (χ1) is 9.75. The number of alkyl halides is 3. The standard InChI is InChI=1S/C12H10F3NO3.C2H6/c1-3-4-8(5-7(2)12(13,14)15)10-16-9(6-19-10)11(17)18;1-2/h3-6H,1H2,2H3,(H,17,18);1-2H3/b7-5+,8-4+;. The van der Waals surface area contributed by atoms with Gasteiger partial charge in [0.1, 0.15) is 6.26 Å². The van der Waals surface area contributed by atoms with E-state index in [-0.39, 0.29) is 17.2 Å². The van der Waals surface area contributed by atoms with Crippen molar-refractivity contribution in [3.63, 3.8) is 0 Å². The monoisotopic (exact) mass is 303 g/mol. The van der Waals surface area contributed by atoms with Crippen molar-refractivity contribution in [2.75, 3.05) is 0 Å². The van der Waals surface area contributed by atoms with Crippen molar-refractivity contribution in [2.24, 2.45) is 0 Å². The van der Waals surface area contributed by atoms with Crippen molar-refractivity contribution in [3.8, 4) is 0 Å². The molecule has 4 nitrogen and oxygen atoms in total. The van der Waals surface area contributed by atoms with E-state index in [1.54, 1.807) is 0 Å². The van der Waals surface area contributed by atoms with Gasteiger partial charge in [0.15, 0.2) is 5.69 Å². The van der Waals surface area contributed by atoms with Gasteiger partial charge in [-0.3, -0.25) is 0 Å². The Morgan fingerprint density at radius 2 is 2.00 bits per heavy atom. The number of aromatic nitrogens is 1. The van der Waals surface area contributed by atoms with Crippen LogP contribution in [0.25, 0.3) is 5.57 Å². The lowest BCUT2D eigenvalue weighted by Gasteiger charge is -2.06. The predicted molar refractivity (Wildman–Crippen MR) is 72.8 cm³/mol. The first kappa shape index (κ1) is 18.7. The third kappa shape index (κ3) is 5.68. The van der Waals surface area contributed by atoms with E-state index in [0.717, 1.165) is 19.3 Å². The van der Waals surface area contributed by atoms with Crippen LogP contribution in [0, 0.1) is 0 Å². The summed E-state index contributed by atoms with van der Waals surface area (Å²) >= 11 is 0. The summed E-state index contributed by atoms with van der Waals surface area (Å²) in [4.78, 5) is 14.2. The van der Waals surface area contributed by atoms with Gasteiger partial charge < -0.3 is 9.52 Å². The molecular formula is C14H16F3NO3. The molecule has 0 aromatic carbocycles. The van der Waals surface area contributed by atoms with E-state index >= 15 is 0 Å². The quantitative estimate of drug-likeness (QED) is 0.833. The van der Waals surface area contributed by atoms with Gasteiger partial charge in [-0.05, 0) is 13.0 Å². The number of hydrogen-bond acceptors (Lipinski definition) is 3. The minimum absolute atomic E-state index is 0.0164. The molecule has 116 valence electrons. The predicted octanol–water partition coefficient (Wildman–Crippen LogP) is 4.48. The number of carboxylic acid groups (broad SMARTS) is 1. The highest BCUT2D eigenvalue weighted by molar-refractivity contribution is 5.85. The molecule has 1 heterocycles. The van der Waals surface area contributed by atoms with E-state index in [0.29, 0.717) is 0 Å². The van der Waals surface area contributed by atoms with Crippen LogP contribution >= 0.6 is 0 Å². The number of carbonyl (C=O) groups is 1. The number of nitrogens with zero attached hydrogens (tertiary/aromatic N) is 1. The molecule has 0 atom stereocenters. The van der Waals surface area contributed by atoms with Crippen molar-refractivity contribution in [3.05, 3.63) is 48.2 Å². The Morgan fingerprint density at radius 1 is 1.43 bits per heavy atom. The SMILES string of the molecule is C=C/C=C(\C=C(/C)C(F)(F)F)c1nc(C(=O)O)co1.CC. The molecule has 0 unspecified atom stereocenters.